The summed E-state index contributed by atoms with van der Waals surface area (Å²) in [5, 5.41) is 0. The van der Waals surface area contributed by atoms with Gasteiger partial charge >= 0.3 is 0 Å². The zero-order valence-electron chi connectivity index (χ0n) is 7.96. The van der Waals surface area contributed by atoms with Crippen LogP contribution in [0.5, 0.6) is 0 Å². The van der Waals surface area contributed by atoms with Crippen molar-refractivity contribution in [1.82, 2.24) is 0 Å². The van der Waals surface area contributed by atoms with Crippen LogP contribution in [0.25, 0.3) is 0 Å². The molecule has 0 bridgehead atoms. The van der Waals surface area contributed by atoms with Crippen LogP contribution in [0.15, 0.2) is 35.8 Å². The van der Waals surface area contributed by atoms with Gasteiger partial charge in [-0.1, -0.05) is 31.1 Å². The normalized spacial score (nSPS) is 27.7. The van der Waals surface area contributed by atoms with Crippen molar-refractivity contribution in [3.05, 3.63) is 35.8 Å². The minimum absolute atomic E-state index is 1.10. The van der Waals surface area contributed by atoms with E-state index >= 15 is 0 Å². The van der Waals surface area contributed by atoms with Gasteiger partial charge in [-0.25, -0.2) is 0 Å². The SMILES string of the molecule is C1=C\CCCCCCC2=C(/C=C/1)O2. The molecule has 1 aliphatic carbocycles. The molecular weight excluding hydrogens is 160 g/mol. The fourth-order valence-corrected chi connectivity index (χ4v) is 1.63. The lowest BCUT2D eigenvalue weighted by molar-refractivity contribution is 0.455. The molecule has 1 heteroatoms. The molecule has 0 N–H and O–H groups in total. The van der Waals surface area contributed by atoms with Crippen LogP contribution in [0.3, 0.4) is 0 Å². The fraction of sp³-hybridized carbons (Fsp3) is 0.500. The largest absolute Gasteiger partial charge is 0.454 e. The van der Waals surface area contributed by atoms with E-state index in [0.717, 1.165) is 12.2 Å². The second-order valence-electron chi connectivity index (χ2n) is 3.63. The van der Waals surface area contributed by atoms with Gasteiger partial charge in [-0.15, -0.1) is 0 Å². The van der Waals surface area contributed by atoms with E-state index in [1.165, 1.54) is 37.9 Å². The molecule has 0 saturated heterocycles. The van der Waals surface area contributed by atoms with Crippen LogP contribution in [-0.2, 0) is 4.74 Å². The molecule has 1 heterocycles. The molecule has 0 aromatic rings. The van der Waals surface area contributed by atoms with Crippen molar-refractivity contribution in [2.24, 2.45) is 0 Å². The molecule has 0 aromatic heterocycles. The Balaban J connectivity index is 1.91. The summed E-state index contributed by atoms with van der Waals surface area (Å²) in [5.41, 5.74) is 0. The maximum atomic E-state index is 5.34. The summed E-state index contributed by atoms with van der Waals surface area (Å²) in [5.74, 6) is 2.32. The molecule has 0 spiro atoms. The quantitative estimate of drug-likeness (QED) is 0.548. The van der Waals surface area contributed by atoms with Crippen molar-refractivity contribution < 1.29 is 4.74 Å². The standard InChI is InChI=1S/C12H16O/c1-2-4-6-8-10-12-11(13-12)9-7-5-3-1/h3,5,7,9H,1-2,4,6,8,10H2/b5-3-,9-7+. The smallest absolute Gasteiger partial charge is 0.165 e. The fourth-order valence-electron chi connectivity index (χ4n) is 1.63. The molecule has 0 saturated carbocycles. The Bertz CT molecular complexity index is 258. The topological polar surface area (TPSA) is 12.5 Å². The predicted molar refractivity (Wildman–Crippen MR) is 54.1 cm³/mol. The summed E-state index contributed by atoms with van der Waals surface area (Å²) < 4.78 is 5.34. The summed E-state index contributed by atoms with van der Waals surface area (Å²) in [6.07, 6.45) is 16.2. The molecule has 0 fully saturated rings. The molecule has 0 radical (unpaired) electrons. The minimum Gasteiger partial charge on any atom is -0.454 e. The van der Waals surface area contributed by atoms with Gasteiger partial charge in [0.25, 0.3) is 0 Å². The van der Waals surface area contributed by atoms with E-state index in [1.54, 1.807) is 0 Å². The van der Waals surface area contributed by atoms with Crippen LogP contribution in [0.1, 0.15) is 38.5 Å². The zero-order valence-corrected chi connectivity index (χ0v) is 7.96. The van der Waals surface area contributed by atoms with Gasteiger partial charge in [0.1, 0.15) is 5.76 Å². The van der Waals surface area contributed by atoms with E-state index in [0.29, 0.717) is 0 Å². The third-order valence-corrected chi connectivity index (χ3v) is 2.49. The van der Waals surface area contributed by atoms with Crippen molar-refractivity contribution in [2.75, 3.05) is 0 Å². The molecule has 1 aliphatic heterocycles. The number of allylic oxidation sites excluding steroid dienone is 5. The summed E-state index contributed by atoms with van der Waals surface area (Å²) in [7, 11) is 0. The second kappa shape index (κ2) is 4.31. The Kier molecular flexibility index (Phi) is 2.86. The predicted octanol–water partition coefficient (Wildman–Crippen LogP) is 3.69. The number of hydrogen-bond donors (Lipinski definition) is 0. The van der Waals surface area contributed by atoms with Crippen LogP contribution in [0.2, 0.25) is 0 Å². The van der Waals surface area contributed by atoms with Gasteiger partial charge in [0.05, 0.1) is 0 Å². The Morgan fingerprint density at radius 2 is 1.92 bits per heavy atom. The van der Waals surface area contributed by atoms with Crippen molar-refractivity contribution >= 4 is 0 Å². The van der Waals surface area contributed by atoms with E-state index in [4.69, 9.17) is 4.74 Å². The molecular formula is C12H16O. The van der Waals surface area contributed by atoms with Gasteiger partial charge in [0.15, 0.2) is 5.76 Å². The summed E-state index contributed by atoms with van der Waals surface area (Å²) in [4.78, 5) is 0. The molecule has 2 rings (SSSR count). The zero-order chi connectivity index (χ0) is 8.93. The molecule has 0 unspecified atom stereocenters. The highest BCUT2D eigenvalue weighted by Gasteiger charge is 2.20. The van der Waals surface area contributed by atoms with Gasteiger partial charge in [-0.3, -0.25) is 0 Å². The second-order valence-corrected chi connectivity index (χ2v) is 3.63. The minimum atomic E-state index is 1.10. The van der Waals surface area contributed by atoms with Crippen LogP contribution in [0.4, 0.5) is 0 Å². The molecule has 70 valence electrons. The molecule has 13 heavy (non-hydrogen) atoms. The van der Waals surface area contributed by atoms with Gasteiger partial charge in [0.2, 0.25) is 0 Å². The van der Waals surface area contributed by atoms with E-state index in [9.17, 15) is 0 Å². The Morgan fingerprint density at radius 3 is 2.92 bits per heavy atom. The van der Waals surface area contributed by atoms with E-state index in [1.807, 2.05) is 0 Å². The highest BCUT2D eigenvalue weighted by Crippen LogP contribution is 2.32. The monoisotopic (exact) mass is 176 g/mol. The van der Waals surface area contributed by atoms with E-state index < -0.39 is 0 Å². The average molecular weight is 176 g/mol. The van der Waals surface area contributed by atoms with Crippen molar-refractivity contribution in [2.45, 2.75) is 38.5 Å². The first-order chi connectivity index (χ1) is 6.47. The van der Waals surface area contributed by atoms with Crippen molar-refractivity contribution in [3.63, 3.8) is 0 Å². The highest BCUT2D eigenvalue weighted by atomic mass is 16.6. The molecule has 2 aliphatic rings. The Labute approximate surface area is 79.8 Å². The van der Waals surface area contributed by atoms with Crippen molar-refractivity contribution in [1.29, 1.82) is 0 Å². The molecule has 1 nitrogen and oxygen atoms in total. The van der Waals surface area contributed by atoms with Crippen LogP contribution >= 0.6 is 0 Å². The summed E-state index contributed by atoms with van der Waals surface area (Å²) in [6.45, 7) is 0. The molecule has 0 atom stereocenters. The van der Waals surface area contributed by atoms with Crippen LogP contribution in [0, 0.1) is 0 Å². The Hall–Kier alpha value is -0.980. The van der Waals surface area contributed by atoms with E-state index in [-0.39, 0.29) is 0 Å². The van der Waals surface area contributed by atoms with Crippen LogP contribution < -0.4 is 0 Å². The summed E-state index contributed by atoms with van der Waals surface area (Å²) >= 11 is 0. The third-order valence-electron chi connectivity index (χ3n) is 2.49. The number of rotatable bonds is 0. The summed E-state index contributed by atoms with van der Waals surface area (Å²) in [6, 6.07) is 0. The Morgan fingerprint density at radius 1 is 1.00 bits per heavy atom. The van der Waals surface area contributed by atoms with Gasteiger partial charge in [-0.05, 0) is 25.3 Å². The number of ether oxygens (including phenoxy) is 1. The maximum absolute atomic E-state index is 5.34. The lowest BCUT2D eigenvalue weighted by atomic mass is 10.1. The van der Waals surface area contributed by atoms with Gasteiger partial charge < -0.3 is 4.74 Å². The third kappa shape index (κ3) is 2.76. The highest BCUT2D eigenvalue weighted by molar-refractivity contribution is 5.30. The van der Waals surface area contributed by atoms with Crippen LogP contribution in [-0.4, -0.2) is 0 Å². The van der Waals surface area contributed by atoms with Crippen molar-refractivity contribution in [3.8, 4) is 0 Å². The lowest BCUT2D eigenvalue weighted by Gasteiger charge is -1.95. The maximum Gasteiger partial charge on any atom is 0.165 e. The first kappa shape index (κ1) is 8.61. The molecule has 0 amide bonds. The average Bonchev–Trinajstić information content (AvgIpc) is 2.83. The first-order valence-corrected chi connectivity index (χ1v) is 5.21. The lowest BCUT2D eigenvalue weighted by Crippen LogP contribution is -1.77. The van der Waals surface area contributed by atoms with E-state index in [2.05, 4.69) is 24.3 Å². The first-order valence-electron chi connectivity index (χ1n) is 5.21. The number of hydrogen-bond acceptors (Lipinski definition) is 1. The van der Waals surface area contributed by atoms with Gasteiger partial charge in [0, 0.05) is 6.42 Å². The molecule has 0 aromatic carbocycles. The van der Waals surface area contributed by atoms with Gasteiger partial charge in [-0.2, -0.15) is 0 Å².